The fourth-order valence-electron chi connectivity index (χ4n) is 2.21. The molecule has 1 fully saturated rings. The molecule has 0 amide bonds. The smallest absolute Gasteiger partial charge is 0.136 e. The minimum absolute atomic E-state index is 0.364. The van der Waals surface area contributed by atoms with Crippen molar-refractivity contribution in [2.24, 2.45) is 5.92 Å². The van der Waals surface area contributed by atoms with Crippen LogP contribution in [0.1, 0.15) is 59.3 Å². The first-order valence-electron chi connectivity index (χ1n) is 6.28. The van der Waals surface area contributed by atoms with E-state index in [2.05, 4.69) is 32.5 Å². The zero-order valence-electron chi connectivity index (χ0n) is 10.3. The summed E-state index contributed by atoms with van der Waals surface area (Å²) in [6, 6.07) is 0. The fourth-order valence-corrected chi connectivity index (χ4v) is 3.62. The second-order valence-electron chi connectivity index (χ2n) is 4.91. The van der Waals surface area contributed by atoms with Gasteiger partial charge < -0.3 is 0 Å². The summed E-state index contributed by atoms with van der Waals surface area (Å²) in [5, 5.41) is 0. The Morgan fingerprint density at radius 1 is 1.47 bits per heavy atom. The van der Waals surface area contributed by atoms with E-state index in [0.29, 0.717) is 16.4 Å². The van der Waals surface area contributed by atoms with Gasteiger partial charge in [-0.15, -0.1) is 0 Å². The van der Waals surface area contributed by atoms with Gasteiger partial charge in [-0.25, -0.2) is 0 Å². The second kappa shape index (κ2) is 5.93. The third-order valence-electron chi connectivity index (χ3n) is 3.57. The summed E-state index contributed by atoms with van der Waals surface area (Å²) in [7, 11) is 0. The average Bonchev–Trinajstić information content (AvgIpc) is 2.26. The molecule has 0 aromatic carbocycles. The molecular formula is C13H24OS. The Kier molecular flexibility index (Phi) is 5.17. The number of carbonyl (C=O) groups is 1. The van der Waals surface area contributed by atoms with E-state index in [-0.39, 0.29) is 0 Å². The fraction of sp³-hybridized carbons (Fsp3) is 0.923. The van der Waals surface area contributed by atoms with Gasteiger partial charge in [0.1, 0.15) is 5.78 Å². The molecule has 0 saturated carbocycles. The monoisotopic (exact) mass is 228 g/mol. The summed E-state index contributed by atoms with van der Waals surface area (Å²) in [4.78, 5) is 12.0. The quantitative estimate of drug-likeness (QED) is 0.706. The highest BCUT2D eigenvalue weighted by Gasteiger charge is 2.34. The van der Waals surface area contributed by atoms with Gasteiger partial charge in [-0.05, 0) is 31.4 Å². The molecule has 0 radical (unpaired) electrons. The zero-order chi connectivity index (χ0) is 11.3. The molecule has 15 heavy (non-hydrogen) atoms. The Labute approximate surface area is 98.4 Å². The molecule has 0 spiro atoms. The van der Waals surface area contributed by atoms with Crippen LogP contribution < -0.4 is 0 Å². The van der Waals surface area contributed by atoms with Gasteiger partial charge in [-0.1, -0.05) is 27.2 Å². The van der Waals surface area contributed by atoms with E-state index in [0.717, 1.165) is 32.1 Å². The first-order chi connectivity index (χ1) is 7.11. The summed E-state index contributed by atoms with van der Waals surface area (Å²) in [6.07, 6.45) is 6.43. The molecule has 0 bridgehead atoms. The Bertz CT molecular complexity index is 215. The lowest BCUT2D eigenvalue weighted by Gasteiger charge is -2.36. The predicted molar refractivity (Wildman–Crippen MR) is 68.4 cm³/mol. The Morgan fingerprint density at radius 3 is 2.80 bits per heavy atom. The zero-order valence-corrected chi connectivity index (χ0v) is 11.2. The number of unbranched alkanes of at least 4 members (excludes halogenated alkanes) is 1. The molecular weight excluding hydrogens is 204 g/mol. The highest BCUT2D eigenvalue weighted by molar-refractivity contribution is 8.00. The van der Waals surface area contributed by atoms with Crippen molar-refractivity contribution in [1.82, 2.24) is 0 Å². The van der Waals surface area contributed by atoms with E-state index in [1.165, 1.54) is 12.2 Å². The van der Waals surface area contributed by atoms with Crippen molar-refractivity contribution in [2.45, 2.75) is 64.0 Å². The number of Topliss-reactive ketones (excluding diaryl/α,β-unsaturated/α-hetero) is 1. The Balaban J connectivity index is 2.45. The van der Waals surface area contributed by atoms with Crippen molar-refractivity contribution in [3.8, 4) is 0 Å². The maximum absolute atomic E-state index is 12.0. The van der Waals surface area contributed by atoms with Gasteiger partial charge in [0.05, 0.1) is 0 Å². The molecule has 1 rings (SSSR count). The SMILES string of the molecule is CCCCC(=O)[C@H]1CCS[C@](C)(CC)C1. The molecule has 88 valence electrons. The second-order valence-corrected chi connectivity index (χ2v) is 6.59. The van der Waals surface area contributed by atoms with Crippen LogP contribution in [0.25, 0.3) is 0 Å². The average molecular weight is 228 g/mol. The molecule has 1 aliphatic heterocycles. The minimum Gasteiger partial charge on any atom is -0.299 e. The number of ketones is 1. The molecule has 0 aliphatic carbocycles. The first kappa shape index (κ1) is 13.1. The largest absolute Gasteiger partial charge is 0.299 e. The molecule has 2 heteroatoms. The van der Waals surface area contributed by atoms with E-state index in [9.17, 15) is 4.79 Å². The van der Waals surface area contributed by atoms with Crippen molar-refractivity contribution >= 4 is 17.5 Å². The lowest BCUT2D eigenvalue weighted by molar-refractivity contribution is -0.123. The normalized spacial score (nSPS) is 31.5. The van der Waals surface area contributed by atoms with Crippen LogP contribution in [0, 0.1) is 5.92 Å². The topological polar surface area (TPSA) is 17.1 Å². The van der Waals surface area contributed by atoms with E-state index in [4.69, 9.17) is 0 Å². The van der Waals surface area contributed by atoms with Crippen molar-refractivity contribution in [3.63, 3.8) is 0 Å². The third-order valence-corrected chi connectivity index (χ3v) is 5.17. The summed E-state index contributed by atoms with van der Waals surface area (Å²) in [5.74, 6) is 2.06. The van der Waals surface area contributed by atoms with E-state index >= 15 is 0 Å². The third kappa shape index (κ3) is 3.82. The van der Waals surface area contributed by atoms with Crippen LogP contribution in [0.3, 0.4) is 0 Å². The van der Waals surface area contributed by atoms with Crippen LogP contribution in [0.2, 0.25) is 0 Å². The van der Waals surface area contributed by atoms with Crippen LogP contribution in [0.4, 0.5) is 0 Å². The maximum Gasteiger partial charge on any atom is 0.136 e. The molecule has 0 aromatic heterocycles. The molecule has 1 nitrogen and oxygen atoms in total. The van der Waals surface area contributed by atoms with Gasteiger partial charge in [-0.2, -0.15) is 11.8 Å². The molecule has 0 unspecified atom stereocenters. The highest BCUT2D eigenvalue weighted by atomic mass is 32.2. The van der Waals surface area contributed by atoms with Gasteiger partial charge in [0.15, 0.2) is 0 Å². The molecule has 1 heterocycles. The lowest BCUT2D eigenvalue weighted by atomic mass is 9.86. The minimum atomic E-state index is 0.364. The van der Waals surface area contributed by atoms with Crippen molar-refractivity contribution in [1.29, 1.82) is 0 Å². The van der Waals surface area contributed by atoms with Crippen LogP contribution in [0.15, 0.2) is 0 Å². The number of rotatable bonds is 5. The molecule has 2 atom stereocenters. The first-order valence-corrected chi connectivity index (χ1v) is 7.26. The highest BCUT2D eigenvalue weighted by Crippen LogP contribution is 2.41. The summed E-state index contributed by atoms with van der Waals surface area (Å²) >= 11 is 2.06. The number of hydrogen-bond donors (Lipinski definition) is 0. The Morgan fingerprint density at radius 2 is 2.20 bits per heavy atom. The van der Waals surface area contributed by atoms with Gasteiger partial charge in [0.25, 0.3) is 0 Å². The lowest BCUT2D eigenvalue weighted by Crippen LogP contribution is -2.32. The standard InChI is InChI=1S/C13H24OS/c1-4-6-7-12(14)11-8-9-15-13(3,5-2)10-11/h11H,4-10H2,1-3H3/t11-,13+/m0/s1. The van der Waals surface area contributed by atoms with Crippen LogP contribution in [-0.2, 0) is 4.79 Å². The van der Waals surface area contributed by atoms with Crippen LogP contribution >= 0.6 is 11.8 Å². The van der Waals surface area contributed by atoms with Crippen LogP contribution in [-0.4, -0.2) is 16.3 Å². The van der Waals surface area contributed by atoms with E-state index in [1.807, 2.05) is 0 Å². The van der Waals surface area contributed by atoms with Gasteiger partial charge in [0.2, 0.25) is 0 Å². The van der Waals surface area contributed by atoms with Crippen LogP contribution in [0.5, 0.6) is 0 Å². The summed E-state index contributed by atoms with van der Waals surface area (Å²) in [6.45, 7) is 6.71. The number of hydrogen-bond acceptors (Lipinski definition) is 2. The predicted octanol–water partition coefficient (Wildman–Crippen LogP) is 4.06. The summed E-state index contributed by atoms with van der Waals surface area (Å²) in [5.41, 5.74) is 0. The molecule has 1 aliphatic rings. The van der Waals surface area contributed by atoms with E-state index < -0.39 is 0 Å². The van der Waals surface area contributed by atoms with Crippen molar-refractivity contribution in [3.05, 3.63) is 0 Å². The van der Waals surface area contributed by atoms with Gasteiger partial charge >= 0.3 is 0 Å². The van der Waals surface area contributed by atoms with Gasteiger partial charge in [0, 0.05) is 17.1 Å². The summed E-state index contributed by atoms with van der Waals surface area (Å²) < 4.78 is 0.366. The van der Waals surface area contributed by atoms with Gasteiger partial charge in [-0.3, -0.25) is 4.79 Å². The maximum atomic E-state index is 12.0. The van der Waals surface area contributed by atoms with Crippen molar-refractivity contribution in [2.75, 3.05) is 5.75 Å². The number of carbonyl (C=O) groups excluding carboxylic acids is 1. The molecule has 0 N–H and O–H groups in total. The Hall–Kier alpha value is 0.0200. The number of thioether (sulfide) groups is 1. The van der Waals surface area contributed by atoms with Crippen molar-refractivity contribution < 1.29 is 4.79 Å². The van der Waals surface area contributed by atoms with E-state index in [1.54, 1.807) is 0 Å². The molecule has 1 saturated heterocycles. The molecule has 0 aromatic rings.